The third-order valence-corrected chi connectivity index (χ3v) is 4.24. The largest absolute Gasteiger partial charge is 0.550 e. The van der Waals surface area contributed by atoms with E-state index in [0.29, 0.717) is 0 Å². The van der Waals surface area contributed by atoms with Gasteiger partial charge in [0.05, 0.1) is 6.26 Å². The first-order chi connectivity index (χ1) is 6.88. The number of nitrogens with one attached hydrogen (secondary N) is 1. The lowest BCUT2D eigenvalue weighted by Crippen LogP contribution is -2.50. The number of aliphatic carboxylic acids is 1. The van der Waals surface area contributed by atoms with Crippen molar-refractivity contribution in [2.45, 2.75) is 25.3 Å². The van der Waals surface area contributed by atoms with Gasteiger partial charge in [0.25, 0.3) is 0 Å². The Labute approximate surface area is 88.9 Å². The van der Waals surface area contributed by atoms with Crippen LogP contribution in [0.4, 0.5) is 0 Å². The predicted octanol–water partition coefficient (Wildman–Crippen LogP) is -1.30. The second kappa shape index (κ2) is 3.45. The number of hydrogen-bond acceptors (Lipinski definition) is 4. The summed E-state index contributed by atoms with van der Waals surface area (Å²) in [6.45, 7) is 0. The summed E-state index contributed by atoms with van der Waals surface area (Å²) >= 11 is 0. The van der Waals surface area contributed by atoms with Gasteiger partial charge >= 0.3 is 0 Å². The molecule has 1 N–H and O–H groups in total. The van der Waals surface area contributed by atoms with Crippen LogP contribution in [-0.4, -0.2) is 26.7 Å². The Morgan fingerprint density at radius 2 is 1.93 bits per heavy atom. The number of carboxylic acids is 1. The first-order valence-corrected chi connectivity index (χ1v) is 6.96. The van der Waals surface area contributed by atoms with Crippen LogP contribution >= 0.6 is 0 Å². The predicted molar refractivity (Wildman–Crippen MR) is 51.1 cm³/mol. The molecular formula is C9H14NO4S-. The average Bonchev–Trinajstić information content (AvgIpc) is 2.59. The van der Waals surface area contributed by atoms with Gasteiger partial charge in [0.2, 0.25) is 10.0 Å². The summed E-state index contributed by atoms with van der Waals surface area (Å²) in [5.74, 6) is -1.49. The molecule has 0 aliphatic heterocycles. The summed E-state index contributed by atoms with van der Waals surface area (Å²) in [4.78, 5) is 10.9. The second-order valence-corrected chi connectivity index (χ2v) is 6.37. The van der Waals surface area contributed by atoms with Gasteiger partial charge in [-0.15, -0.1) is 0 Å². The summed E-state index contributed by atoms with van der Waals surface area (Å²) in [5.41, 5.74) is 0. The lowest BCUT2D eigenvalue weighted by molar-refractivity contribution is -0.313. The Kier molecular flexibility index (Phi) is 2.50. The van der Waals surface area contributed by atoms with E-state index in [9.17, 15) is 18.3 Å². The van der Waals surface area contributed by atoms with Gasteiger partial charge in [-0.1, -0.05) is 0 Å². The zero-order chi connectivity index (χ0) is 11.2. The number of carboxylic acid groups (broad SMARTS) is 1. The molecule has 0 radical (unpaired) electrons. The first kappa shape index (κ1) is 10.9. The van der Waals surface area contributed by atoms with Crippen molar-refractivity contribution in [1.82, 2.24) is 4.72 Å². The molecule has 0 aromatic carbocycles. The quantitative estimate of drug-likeness (QED) is 0.655. The molecule has 2 aliphatic carbocycles. The standard InChI is InChI=1S/C9H15NO4S/c1-15(13,14)10-8-6-3-2-5(4-6)7(8)9(11)12/h5-8,10H,2-4H2,1H3,(H,11,12)/p-1. The van der Waals surface area contributed by atoms with Crippen molar-refractivity contribution in [3.05, 3.63) is 0 Å². The highest BCUT2D eigenvalue weighted by Crippen LogP contribution is 2.48. The second-order valence-electron chi connectivity index (χ2n) is 4.59. The van der Waals surface area contributed by atoms with Crippen LogP contribution in [0.3, 0.4) is 0 Å². The highest BCUT2D eigenvalue weighted by Gasteiger charge is 2.48. The van der Waals surface area contributed by atoms with Crippen molar-refractivity contribution in [3.8, 4) is 0 Å². The Bertz CT molecular complexity index is 378. The Balaban J connectivity index is 2.19. The molecule has 0 spiro atoms. The van der Waals surface area contributed by atoms with Crippen molar-refractivity contribution in [1.29, 1.82) is 0 Å². The van der Waals surface area contributed by atoms with Gasteiger partial charge in [0, 0.05) is 17.9 Å². The van der Waals surface area contributed by atoms with Crippen molar-refractivity contribution >= 4 is 16.0 Å². The van der Waals surface area contributed by atoms with Crippen LogP contribution in [0.15, 0.2) is 0 Å². The van der Waals surface area contributed by atoms with Crippen molar-refractivity contribution in [3.63, 3.8) is 0 Å². The molecule has 0 amide bonds. The first-order valence-electron chi connectivity index (χ1n) is 5.06. The molecule has 4 atom stereocenters. The molecule has 5 nitrogen and oxygen atoms in total. The molecule has 2 saturated carbocycles. The van der Waals surface area contributed by atoms with Crippen LogP contribution in [-0.2, 0) is 14.8 Å². The minimum absolute atomic E-state index is 0.0965. The third-order valence-electron chi connectivity index (χ3n) is 3.54. The Morgan fingerprint density at radius 3 is 2.47 bits per heavy atom. The molecule has 4 unspecified atom stereocenters. The van der Waals surface area contributed by atoms with Crippen LogP contribution in [0.5, 0.6) is 0 Å². The summed E-state index contributed by atoms with van der Waals surface area (Å²) in [6, 6.07) is -0.455. The SMILES string of the molecule is CS(=O)(=O)NC1C2CCC(C2)C1C(=O)[O-]. The number of rotatable bonds is 3. The lowest BCUT2D eigenvalue weighted by Gasteiger charge is -2.31. The number of carbonyl (C=O) groups is 1. The fourth-order valence-corrected chi connectivity index (χ4v) is 3.88. The number of fused-ring (bicyclic) bond motifs is 2. The number of sulfonamides is 1. The van der Waals surface area contributed by atoms with Gasteiger partial charge < -0.3 is 9.90 Å². The van der Waals surface area contributed by atoms with E-state index < -0.39 is 28.0 Å². The molecular weight excluding hydrogens is 218 g/mol. The maximum absolute atomic E-state index is 11.1. The monoisotopic (exact) mass is 232 g/mol. The Hall–Kier alpha value is -0.620. The van der Waals surface area contributed by atoms with Gasteiger partial charge in [-0.25, -0.2) is 13.1 Å². The van der Waals surface area contributed by atoms with Gasteiger partial charge in [-0.05, 0) is 31.1 Å². The van der Waals surface area contributed by atoms with Crippen LogP contribution in [0.25, 0.3) is 0 Å². The number of carbonyl (C=O) groups excluding carboxylic acids is 1. The summed E-state index contributed by atoms with van der Waals surface area (Å²) in [7, 11) is -3.34. The van der Waals surface area contributed by atoms with Gasteiger partial charge in [0.15, 0.2) is 0 Å². The molecule has 86 valence electrons. The molecule has 0 saturated heterocycles. The van der Waals surface area contributed by atoms with Crippen LogP contribution in [0.2, 0.25) is 0 Å². The topological polar surface area (TPSA) is 86.3 Å². The normalized spacial score (nSPS) is 39.5. The van der Waals surface area contributed by atoms with Crippen LogP contribution in [0, 0.1) is 17.8 Å². The van der Waals surface area contributed by atoms with Gasteiger partial charge in [0.1, 0.15) is 0 Å². The molecule has 2 bridgehead atoms. The minimum Gasteiger partial charge on any atom is -0.550 e. The highest BCUT2D eigenvalue weighted by molar-refractivity contribution is 7.88. The number of hydrogen-bond donors (Lipinski definition) is 1. The zero-order valence-electron chi connectivity index (χ0n) is 8.47. The molecule has 0 heterocycles. The smallest absolute Gasteiger partial charge is 0.208 e. The summed E-state index contributed by atoms with van der Waals surface area (Å²) in [5, 5.41) is 10.9. The maximum Gasteiger partial charge on any atom is 0.208 e. The van der Waals surface area contributed by atoms with Gasteiger partial charge in [-0.2, -0.15) is 0 Å². The Morgan fingerprint density at radius 1 is 1.33 bits per heavy atom. The molecule has 0 aromatic heterocycles. The van der Waals surface area contributed by atoms with Crippen LogP contribution in [0.1, 0.15) is 19.3 Å². The molecule has 15 heavy (non-hydrogen) atoms. The van der Waals surface area contributed by atoms with Gasteiger partial charge in [-0.3, -0.25) is 0 Å². The molecule has 0 aromatic rings. The third kappa shape index (κ3) is 2.01. The van der Waals surface area contributed by atoms with E-state index in [0.717, 1.165) is 25.5 Å². The summed E-state index contributed by atoms with van der Waals surface area (Å²) < 4.78 is 24.6. The van der Waals surface area contributed by atoms with E-state index in [1.807, 2.05) is 0 Å². The molecule has 2 rings (SSSR count). The van der Waals surface area contributed by atoms with E-state index in [2.05, 4.69) is 4.72 Å². The van der Waals surface area contributed by atoms with Crippen molar-refractivity contribution < 1.29 is 18.3 Å². The fourth-order valence-electron chi connectivity index (χ4n) is 3.05. The van der Waals surface area contributed by atoms with E-state index in [4.69, 9.17) is 0 Å². The van der Waals surface area contributed by atoms with E-state index in [-0.39, 0.29) is 11.8 Å². The average molecular weight is 232 g/mol. The van der Waals surface area contributed by atoms with Crippen molar-refractivity contribution in [2.75, 3.05) is 6.26 Å². The highest BCUT2D eigenvalue weighted by atomic mass is 32.2. The zero-order valence-corrected chi connectivity index (χ0v) is 9.29. The van der Waals surface area contributed by atoms with E-state index in [1.54, 1.807) is 0 Å². The lowest BCUT2D eigenvalue weighted by atomic mass is 9.85. The van der Waals surface area contributed by atoms with Crippen molar-refractivity contribution in [2.24, 2.45) is 17.8 Å². The summed E-state index contributed by atoms with van der Waals surface area (Å²) in [6.07, 6.45) is 3.67. The molecule has 2 aliphatic rings. The van der Waals surface area contributed by atoms with E-state index in [1.165, 1.54) is 0 Å². The maximum atomic E-state index is 11.1. The minimum atomic E-state index is -3.34. The van der Waals surface area contributed by atoms with E-state index >= 15 is 0 Å². The molecule has 6 heteroatoms. The molecule has 2 fully saturated rings. The fraction of sp³-hybridized carbons (Fsp3) is 0.889. The van der Waals surface area contributed by atoms with Crippen LogP contribution < -0.4 is 9.83 Å².